The maximum absolute atomic E-state index is 4.49. The molecule has 2 unspecified atom stereocenters. The number of hydrogen-bond donors (Lipinski definition) is 1. The molecular formula is C15H23ClN4. The summed E-state index contributed by atoms with van der Waals surface area (Å²) in [6, 6.07) is 5.34. The minimum absolute atomic E-state index is 0. The van der Waals surface area contributed by atoms with Crippen LogP contribution in [0.3, 0.4) is 0 Å². The van der Waals surface area contributed by atoms with E-state index in [9.17, 15) is 0 Å². The first-order chi connectivity index (χ1) is 9.13. The molecule has 110 valence electrons. The first-order valence-corrected chi connectivity index (χ1v) is 7.03. The Bertz CT molecular complexity index is 580. The van der Waals surface area contributed by atoms with Gasteiger partial charge in [-0.05, 0) is 32.4 Å². The number of pyridine rings is 1. The van der Waals surface area contributed by atoms with Crippen molar-refractivity contribution >= 4 is 18.1 Å². The van der Waals surface area contributed by atoms with E-state index in [0.717, 1.165) is 25.3 Å². The molecule has 3 rings (SSSR count). The van der Waals surface area contributed by atoms with Gasteiger partial charge < -0.3 is 9.72 Å². The second kappa shape index (κ2) is 6.12. The summed E-state index contributed by atoms with van der Waals surface area (Å²) in [6.45, 7) is 9.79. The fourth-order valence-corrected chi connectivity index (χ4v) is 2.78. The lowest BCUT2D eigenvalue weighted by Crippen LogP contribution is -2.53. The van der Waals surface area contributed by atoms with Gasteiger partial charge in [-0.15, -0.1) is 12.4 Å². The largest absolute Gasteiger partial charge is 0.311 e. The standard InChI is InChI=1S/C15H22N4.ClH/c1-11-4-5-15-17-7-14(19(15)8-11)10-18-9-12(2)16-6-13(18)3;/h4-5,7-8,12-13,16H,6,9-10H2,1-3H3;1H. The number of imidazole rings is 1. The first kappa shape index (κ1) is 15.3. The van der Waals surface area contributed by atoms with E-state index >= 15 is 0 Å². The molecule has 2 atom stereocenters. The molecule has 20 heavy (non-hydrogen) atoms. The van der Waals surface area contributed by atoms with Gasteiger partial charge in [-0.3, -0.25) is 4.90 Å². The molecule has 1 N–H and O–H groups in total. The maximum atomic E-state index is 4.49. The third-order valence-corrected chi connectivity index (χ3v) is 3.99. The predicted octanol–water partition coefficient (Wildman–Crippen LogP) is 2.25. The highest BCUT2D eigenvalue weighted by atomic mass is 35.5. The van der Waals surface area contributed by atoms with E-state index < -0.39 is 0 Å². The molecule has 2 aromatic heterocycles. The molecule has 1 aliphatic heterocycles. The average molecular weight is 295 g/mol. The van der Waals surface area contributed by atoms with Crippen molar-refractivity contribution < 1.29 is 0 Å². The van der Waals surface area contributed by atoms with Crippen molar-refractivity contribution in [3.63, 3.8) is 0 Å². The van der Waals surface area contributed by atoms with Gasteiger partial charge in [0.1, 0.15) is 5.65 Å². The van der Waals surface area contributed by atoms with Crippen molar-refractivity contribution in [3.05, 3.63) is 35.8 Å². The molecular weight excluding hydrogens is 272 g/mol. The summed E-state index contributed by atoms with van der Waals surface area (Å²) in [5.74, 6) is 0. The van der Waals surface area contributed by atoms with Gasteiger partial charge >= 0.3 is 0 Å². The molecule has 0 spiro atoms. The number of halogens is 1. The van der Waals surface area contributed by atoms with Crippen LogP contribution in [0.5, 0.6) is 0 Å². The lowest BCUT2D eigenvalue weighted by molar-refractivity contribution is 0.137. The quantitative estimate of drug-likeness (QED) is 0.922. The van der Waals surface area contributed by atoms with Crippen LogP contribution in [-0.2, 0) is 6.54 Å². The third kappa shape index (κ3) is 2.97. The monoisotopic (exact) mass is 294 g/mol. The van der Waals surface area contributed by atoms with Gasteiger partial charge in [0.15, 0.2) is 0 Å². The summed E-state index contributed by atoms with van der Waals surface area (Å²) in [5.41, 5.74) is 3.59. The third-order valence-electron chi connectivity index (χ3n) is 3.99. The van der Waals surface area contributed by atoms with Gasteiger partial charge in [0.2, 0.25) is 0 Å². The Morgan fingerprint density at radius 3 is 2.95 bits per heavy atom. The predicted molar refractivity (Wildman–Crippen MR) is 84.5 cm³/mol. The number of piperazine rings is 1. The van der Waals surface area contributed by atoms with Crippen LogP contribution >= 0.6 is 12.4 Å². The van der Waals surface area contributed by atoms with E-state index in [1.54, 1.807) is 0 Å². The van der Waals surface area contributed by atoms with E-state index in [-0.39, 0.29) is 12.4 Å². The molecule has 1 fully saturated rings. The summed E-state index contributed by atoms with van der Waals surface area (Å²) >= 11 is 0. The zero-order valence-corrected chi connectivity index (χ0v) is 13.2. The van der Waals surface area contributed by atoms with Gasteiger partial charge in [-0.25, -0.2) is 4.98 Å². The molecule has 0 aromatic carbocycles. The Kier molecular flexibility index (Phi) is 4.68. The topological polar surface area (TPSA) is 32.6 Å². The van der Waals surface area contributed by atoms with Gasteiger partial charge in [-0.1, -0.05) is 6.07 Å². The van der Waals surface area contributed by atoms with Crippen molar-refractivity contribution in [1.82, 2.24) is 19.6 Å². The second-order valence-electron chi connectivity index (χ2n) is 5.77. The minimum atomic E-state index is 0. The van der Waals surface area contributed by atoms with E-state index in [2.05, 4.69) is 58.7 Å². The van der Waals surface area contributed by atoms with Gasteiger partial charge in [-0.2, -0.15) is 0 Å². The summed E-state index contributed by atoms with van der Waals surface area (Å²) in [4.78, 5) is 7.02. The molecule has 1 aliphatic rings. The molecule has 5 heteroatoms. The zero-order valence-electron chi connectivity index (χ0n) is 12.3. The second-order valence-corrected chi connectivity index (χ2v) is 5.77. The Balaban J connectivity index is 0.00000147. The van der Waals surface area contributed by atoms with Crippen molar-refractivity contribution in [2.24, 2.45) is 0 Å². The Morgan fingerprint density at radius 2 is 2.15 bits per heavy atom. The number of hydrogen-bond acceptors (Lipinski definition) is 3. The average Bonchev–Trinajstić information content (AvgIpc) is 2.77. The molecule has 0 aliphatic carbocycles. The summed E-state index contributed by atoms with van der Waals surface area (Å²) in [6.07, 6.45) is 4.18. The SMILES string of the molecule is Cc1ccc2ncc(CN3CC(C)NCC3C)n2c1.Cl. The Labute approximate surface area is 126 Å². The number of fused-ring (bicyclic) bond motifs is 1. The number of aryl methyl sites for hydroxylation is 1. The van der Waals surface area contributed by atoms with Crippen LogP contribution in [0, 0.1) is 6.92 Å². The highest BCUT2D eigenvalue weighted by molar-refractivity contribution is 5.85. The van der Waals surface area contributed by atoms with Crippen molar-refractivity contribution in [1.29, 1.82) is 0 Å². The maximum Gasteiger partial charge on any atom is 0.136 e. The normalized spacial score (nSPS) is 23.8. The summed E-state index contributed by atoms with van der Waals surface area (Å²) < 4.78 is 2.22. The highest BCUT2D eigenvalue weighted by Crippen LogP contribution is 2.14. The van der Waals surface area contributed by atoms with Crippen molar-refractivity contribution in [2.45, 2.75) is 39.4 Å². The molecule has 0 amide bonds. The lowest BCUT2D eigenvalue weighted by Gasteiger charge is -2.37. The summed E-state index contributed by atoms with van der Waals surface area (Å²) in [5, 5.41) is 3.52. The fourth-order valence-electron chi connectivity index (χ4n) is 2.78. The van der Waals surface area contributed by atoms with Gasteiger partial charge in [0.25, 0.3) is 0 Å². The summed E-state index contributed by atoms with van der Waals surface area (Å²) in [7, 11) is 0. The molecule has 0 radical (unpaired) electrons. The van der Waals surface area contributed by atoms with Crippen LogP contribution in [0.4, 0.5) is 0 Å². The van der Waals surface area contributed by atoms with Crippen molar-refractivity contribution in [3.8, 4) is 0 Å². The van der Waals surface area contributed by atoms with Crippen LogP contribution in [0.1, 0.15) is 25.1 Å². The van der Waals surface area contributed by atoms with Gasteiger partial charge in [0.05, 0.1) is 11.9 Å². The highest BCUT2D eigenvalue weighted by Gasteiger charge is 2.23. The molecule has 0 saturated carbocycles. The first-order valence-electron chi connectivity index (χ1n) is 7.03. The Morgan fingerprint density at radius 1 is 1.35 bits per heavy atom. The smallest absolute Gasteiger partial charge is 0.136 e. The Hall–Kier alpha value is -1.10. The van der Waals surface area contributed by atoms with E-state index in [1.807, 2.05) is 6.20 Å². The minimum Gasteiger partial charge on any atom is -0.311 e. The number of nitrogens with one attached hydrogen (secondary N) is 1. The van der Waals surface area contributed by atoms with E-state index in [1.165, 1.54) is 11.3 Å². The number of nitrogens with zero attached hydrogens (tertiary/aromatic N) is 3. The molecule has 4 nitrogen and oxygen atoms in total. The van der Waals surface area contributed by atoms with E-state index in [4.69, 9.17) is 0 Å². The molecule has 3 heterocycles. The van der Waals surface area contributed by atoms with Gasteiger partial charge in [0, 0.05) is 37.9 Å². The van der Waals surface area contributed by atoms with Crippen LogP contribution in [0.15, 0.2) is 24.5 Å². The number of aromatic nitrogens is 2. The molecule has 1 saturated heterocycles. The zero-order chi connectivity index (χ0) is 13.4. The molecule has 2 aromatic rings. The van der Waals surface area contributed by atoms with Crippen molar-refractivity contribution in [2.75, 3.05) is 13.1 Å². The van der Waals surface area contributed by atoms with Crippen LogP contribution in [0.2, 0.25) is 0 Å². The van der Waals surface area contributed by atoms with Crippen LogP contribution in [-0.4, -0.2) is 39.5 Å². The lowest BCUT2D eigenvalue weighted by atomic mass is 10.1. The van der Waals surface area contributed by atoms with Crippen LogP contribution in [0.25, 0.3) is 5.65 Å². The van der Waals surface area contributed by atoms with E-state index in [0.29, 0.717) is 12.1 Å². The number of rotatable bonds is 2. The molecule has 0 bridgehead atoms. The fraction of sp³-hybridized carbons (Fsp3) is 0.533. The van der Waals surface area contributed by atoms with Crippen LogP contribution < -0.4 is 5.32 Å².